The van der Waals surface area contributed by atoms with E-state index in [1.165, 1.54) is 10.4 Å². The number of halogens is 1. The maximum Gasteiger partial charge on any atom is 0.256 e. The van der Waals surface area contributed by atoms with Crippen LogP contribution in [0.5, 0.6) is 0 Å². The van der Waals surface area contributed by atoms with E-state index in [0.29, 0.717) is 18.9 Å². The third-order valence-electron chi connectivity index (χ3n) is 7.79. The summed E-state index contributed by atoms with van der Waals surface area (Å²) in [5.74, 6) is -0.474. The second-order valence-corrected chi connectivity index (χ2v) is 12.9. The fourth-order valence-corrected chi connectivity index (χ4v) is 6.71. The molecule has 2 aromatic heterocycles. The highest BCUT2D eigenvalue weighted by Gasteiger charge is 2.32. The molecular formula is C30H32FN7O3S. The Labute approximate surface area is 244 Å². The molecule has 2 aromatic carbocycles. The molecule has 0 atom stereocenters. The zero-order valence-corrected chi connectivity index (χ0v) is 24.2. The van der Waals surface area contributed by atoms with Crippen molar-refractivity contribution in [3.05, 3.63) is 72.4 Å². The summed E-state index contributed by atoms with van der Waals surface area (Å²) < 4.78 is 42.7. The smallest absolute Gasteiger partial charge is 0.256 e. The van der Waals surface area contributed by atoms with E-state index in [9.17, 15) is 17.6 Å². The molecule has 0 bridgehead atoms. The lowest BCUT2D eigenvalue weighted by Crippen LogP contribution is -2.44. The van der Waals surface area contributed by atoms with E-state index < -0.39 is 26.6 Å². The summed E-state index contributed by atoms with van der Waals surface area (Å²) in [5.41, 5.74) is 1.60. The van der Waals surface area contributed by atoms with Crippen LogP contribution in [0.1, 0.15) is 36.0 Å². The van der Waals surface area contributed by atoms with Crippen molar-refractivity contribution in [3.8, 4) is 11.3 Å². The molecule has 4 aromatic rings. The third kappa shape index (κ3) is 5.96. The van der Waals surface area contributed by atoms with Gasteiger partial charge in [0.2, 0.25) is 10.0 Å². The SMILES string of the molecule is CN(C)C1CCN(S(=O)(=O)c2cc(C(=O)Nc3cc4cc(-c5cncc(NC6CC6)n5)ccc4cn3)ccc2F)CC1. The molecule has 1 saturated heterocycles. The Kier molecular flexibility index (Phi) is 7.60. The van der Waals surface area contributed by atoms with Crippen LogP contribution in [-0.4, -0.2) is 77.8 Å². The molecule has 1 saturated carbocycles. The standard InChI is InChI=1S/C30H32FN7O3S/c1-37(2)24-9-11-38(12-10-24)42(40,41)27-14-20(5-8-25(27)31)30(39)36-28-15-22-13-19(3-4-21(22)16-33-28)26-17-32-18-29(35-26)34-23-6-7-23/h3-5,8,13-18,23-24H,6-7,9-12H2,1-2H3,(H,34,35)(H,33,36,39). The van der Waals surface area contributed by atoms with Gasteiger partial charge in [-0.15, -0.1) is 0 Å². The van der Waals surface area contributed by atoms with E-state index in [1.807, 2.05) is 32.3 Å². The summed E-state index contributed by atoms with van der Waals surface area (Å²) in [6.07, 6.45) is 8.62. The zero-order chi connectivity index (χ0) is 29.4. The molecule has 0 spiro atoms. The number of aromatic nitrogens is 3. The van der Waals surface area contributed by atoms with Gasteiger partial charge in [-0.25, -0.2) is 22.8 Å². The largest absolute Gasteiger partial charge is 0.366 e. The van der Waals surface area contributed by atoms with Crippen molar-refractivity contribution < 1.29 is 17.6 Å². The lowest BCUT2D eigenvalue weighted by atomic mass is 10.1. The number of anilines is 2. The van der Waals surface area contributed by atoms with Crippen molar-refractivity contribution in [3.63, 3.8) is 0 Å². The first kappa shape index (κ1) is 28.1. The fraction of sp³-hybridized carbons (Fsp3) is 0.333. The average molecular weight is 590 g/mol. The molecule has 3 heterocycles. The first-order valence-electron chi connectivity index (χ1n) is 13.9. The Morgan fingerprint density at radius 1 is 0.952 bits per heavy atom. The molecule has 1 amide bonds. The van der Waals surface area contributed by atoms with Crippen LogP contribution in [0.15, 0.2) is 66.0 Å². The van der Waals surface area contributed by atoms with Gasteiger partial charge in [-0.3, -0.25) is 9.78 Å². The average Bonchev–Trinajstić information content (AvgIpc) is 3.81. The van der Waals surface area contributed by atoms with E-state index in [4.69, 9.17) is 0 Å². The summed E-state index contributed by atoms with van der Waals surface area (Å²) in [4.78, 5) is 28.0. The molecule has 218 valence electrons. The third-order valence-corrected chi connectivity index (χ3v) is 9.70. The highest BCUT2D eigenvalue weighted by atomic mass is 32.2. The molecule has 2 fully saturated rings. The number of piperidine rings is 1. The lowest BCUT2D eigenvalue weighted by molar-refractivity contribution is 0.102. The van der Waals surface area contributed by atoms with E-state index in [0.717, 1.165) is 52.8 Å². The van der Waals surface area contributed by atoms with Gasteiger partial charge >= 0.3 is 0 Å². The molecule has 0 unspecified atom stereocenters. The molecule has 12 heteroatoms. The second kappa shape index (κ2) is 11.3. The number of carbonyl (C=O) groups is 1. The van der Waals surface area contributed by atoms with E-state index in [1.54, 1.807) is 24.7 Å². The Balaban J connectivity index is 1.21. The molecule has 6 rings (SSSR count). The van der Waals surface area contributed by atoms with Gasteiger partial charge in [0.15, 0.2) is 0 Å². The van der Waals surface area contributed by atoms with Gasteiger partial charge in [-0.05, 0) is 75.5 Å². The second-order valence-electron chi connectivity index (χ2n) is 11.0. The first-order chi connectivity index (χ1) is 20.2. The van der Waals surface area contributed by atoms with Crippen molar-refractivity contribution >= 4 is 38.3 Å². The summed E-state index contributed by atoms with van der Waals surface area (Å²) >= 11 is 0. The number of fused-ring (bicyclic) bond motifs is 1. The normalized spacial score (nSPS) is 16.6. The van der Waals surface area contributed by atoms with Gasteiger partial charge in [0, 0.05) is 47.9 Å². The van der Waals surface area contributed by atoms with Crippen molar-refractivity contribution in [2.24, 2.45) is 0 Å². The summed E-state index contributed by atoms with van der Waals surface area (Å²) in [5, 5.41) is 7.76. The number of sulfonamides is 1. The van der Waals surface area contributed by atoms with Crippen LogP contribution in [0.2, 0.25) is 0 Å². The molecule has 0 radical (unpaired) electrons. The number of benzene rings is 2. The number of amides is 1. The number of hydrogen-bond acceptors (Lipinski definition) is 8. The predicted octanol–water partition coefficient (Wildman–Crippen LogP) is 4.37. The van der Waals surface area contributed by atoms with Gasteiger partial charge in [0.25, 0.3) is 5.91 Å². The summed E-state index contributed by atoms with van der Waals surface area (Å²) in [6, 6.07) is 11.6. The van der Waals surface area contributed by atoms with Crippen molar-refractivity contribution in [1.29, 1.82) is 0 Å². The van der Waals surface area contributed by atoms with Gasteiger partial charge in [0.1, 0.15) is 22.3 Å². The van der Waals surface area contributed by atoms with Crippen LogP contribution in [0.4, 0.5) is 16.0 Å². The molecule has 1 aliphatic heterocycles. The summed E-state index contributed by atoms with van der Waals surface area (Å²) in [6.45, 7) is 0.577. The Hall–Kier alpha value is -4.00. The van der Waals surface area contributed by atoms with Crippen LogP contribution in [0.3, 0.4) is 0 Å². The highest BCUT2D eigenvalue weighted by Crippen LogP contribution is 2.28. The monoisotopic (exact) mass is 589 g/mol. The number of pyridine rings is 1. The topological polar surface area (TPSA) is 120 Å². The minimum atomic E-state index is -4.11. The fourth-order valence-electron chi connectivity index (χ4n) is 5.15. The minimum absolute atomic E-state index is 0.0176. The van der Waals surface area contributed by atoms with Gasteiger partial charge in [-0.2, -0.15) is 4.31 Å². The number of nitrogens with one attached hydrogen (secondary N) is 2. The van der Waals surface area contributed by atoms with Crippen LogP contribution in [0, 0.1) is 5.82 Å². The quantitative estimate of drug-likeness (QED) is 0.311. The van der Waals surface area contributed by atoms with E-state index in [2.05, 4.69) is 30.5 Å². The molecule has 2 aliphatic rings. The van der Waals surface area contributed by atoms with Gasteiger partial charge < -0.3 is 15.5 Å². The maximum atomic E-state index is 14.8. The van der Waals surface area contributed by atoms with Crippen molar-refractivity contribution in [2.45, 2.75) is 42.7 Å². The maximum absolute atomic E-state index is 14.8. The predicted molar refractivity (Wildman–Crippen MR) is 159 cm³/mol. The highest BCUT2D eigenvalue weighted by molar-refractivity contribution is 7.89. The molecular weight excluding hydrogens is 557 g/mol. The Morgan fingerprint density at radius 2 is 1.74 bits per heavy atom. The summed E-state index contributed by atoms with van der Waals surface area (Å²) in [7, 11) is -0.190. The Bertz CT molecular complexity index is 1750. The van der Waals surface area contributed by atoms with E-state index >= 15 is 0 Å². The van der Waals surface area contributed by atoms with Crippen LogP contribution in [0.25, 0.3) is 22.0 Å². The zero-order valence-electron chi connectivity index (χ0n) is 23.4. The number of carbonyl (C=O) groups excluding carboxylic acids is 1. The van der Waals surface area contributed by atoms with Crippen molar-refractivity contribution in [1.82, 2.24) is 24.2 Å². The van der Waals surface area contributed by atoms with Crippen LogP contribution < -0.4 is 10.6 Å². The molecule has 2 N–H and O–H groups in total. The molecule has 1 aliphatic carbocycles. The number of rotatable bonds is 8. The first-order valence-corrected chi connectivity index (χ1v) is 15.4. The minimum Gasteiger partial charge on any atom is -0.366 e. The van der Waals surface area contributed by atoms with Crippen LogP contribution >= 0.6 is 0 Å². The van der Waals surface area contributed by atoms with Crippen molar-refractivity contribution in [2.75, 3.05) is 37.8 Å². The lowest BCUT2D eigenvalue weighted by Gasteiger charge is -2.34. The molecule has 10 nitrogen and oxygen atoms in total. The molecule has 42 heavy (non-hydrogen) atoms. The number of nitrogens with zero attached hydrogens (tertiary/aromatic N) is 5. The van der Waals surface area contributed by atoms with E-state index in [-0.39, 0.29) is 30.5 Å². The Morgan fingerprint density at radius 3 is 2.48 bits per heavy atom. The van der Waals surface area contributed by atoms with Crippen LogP contribution in [-0.2, 0) is 10.0 Å². The number of hydrogen-bond donors (Lipinski definition) is 2. The van der Waals surface area contributed by atoms with Gasteiger partial charge in [0.05, 0.1) is 18.1 Å². The van der Waals surface area contributed by atoms with Gasteiger partial charge in [-0.1, -0.05) is 12.1 Å².